The Morgan fingerprint density at radius 2 is 0.489 bits per heavy atom. The van der Waals surface area contributed by atoms with Crippen LogP contribution in [0, 0.1) is 23.7 Å². The zero-order chi connectivity index (χ0) is 104. The predicted molar refractivity (Wildman–Crippen MR) is 509 cm³/mol. The van der Waals surface area contributed by atoms with Gasteiger partial charge in [0.2, 0.25) is 0 Å². The first-order chi connectivity index (χ1) is 65.3. The molecule has 0 bridgehead atoms. The summed E-state index contributed by atoms with van der Waals surface area (Å²) in [6.07, 6.45) is 3.16. The molecule has 0 fully saturated rings. The van der Waals surface area contributed by atoms with Crippen molar-refractivity contribution in [3.63, 3.8) is 0 Å². The van der Waals surface area contributed by atoms with E-state index in [4.69, 9.17) is 128 Å². The molecule has 0 amide bonds. The van der Waals surface area contributed by atoms with Crippen molar-refractivity contribution in [3.05, 3.63) is 70.8 Å². The molecule has 0 spiro atoms. The Morgan fingerprint density at radius 1 is 0.262 bits per heavy atom. The van der Waals surface area contributed by atoms with Gasteiger partial charge in [-0.3, -0.25) is 23.2 Å². The maximum absolute atomic E-state index is 11.5. The number of benzene rings is 2. The normalized spacial score (nSPS) is 13.4. The van der Waals surface area contributed by atoms with Crippen LogP contribution in [0.25, 0.3) is 0 Å². The molecule has 0 radical (unpaired) electrons. The van der Waals surface area contributed by atoms with Crippen LogP contribution in [-0.2, 0) is 186 Å². The first-order valence-corrected chi connectivity index (χ1v) is 55.9. The van der Waals surface area contributed by atoms with E-state index in [1.165, 1.54) is 11.1 Å². The molecule has 0 aliphatic heterocycles. The van der Waals surface area contributed by atoms with Crippen molar-refractivity contribution in [1.82, 2.24) is 0 Å². The Kier molecular flexibility index (Phi) is 111. The molecule has 141 heavy (non-hydrogen) atoms. The number of hydrogen-bond donors (Lipinski definition) is 5. The number of rotatable bonds is 86. The molecular formula is C88H165Na3O44S6. The smallest absolute Gasteiger partial charge is 0.748 e. The number of aliphatic hydroxyl groups excluding tert-OH is 2. The molecule has 8 unspecified atom stereocenters. The van der Waals surface area contributed by atoms with Gasteiger partial charge >= 0.3 is 101 Å². The van der Waals surface area contributed by atoms with E-state index in [1.54, 1.807) is 24.3 Å². The van der Waals surface area contributed by atoms with Gasteiger partial charge in [-0.05, 0) is 71.6 Å². The van der Waals surface area contributed by atoms with Crippen LogP contribution in [0.2, 0.25) is 0 Å². The minimum atomic E-state index is -4.36. The maximum atomic E-state index is 11.5. The van der Waals surface area contributed by atoms with Crippen molar-refractivity contribution in [3.8, 4) is 0 Å². The molecule has 0 aromatic heterocycles. The molecule has 2 aromatic rings. The quantitative estimate of drug-likeness (QED) is 0.0190. The van der Waals surface area contributed by atoms with Crippen molar-refractivity contribution in [2.24, 2.45) is 23.7 Å². The van der Waals surface area contributed by atoms with E-state index in [2.05, 4.69) is 27.7 Å². The van der Waals surface area contributed by atoms with Gasteiger partial charge in [-0.25, -0.2) is 25.3 Å². The van der Waals surface area contributed by atoms with E-state index < -0.39 is 102 Å². The van der Waals surface area contributed by atoms with Crippen LogP contribution >= 0.6 is 0 Å². The molecule has 0 heterocycles. The van der Waals surface area contributed by atoms with Gasteiger partial charge in [-0.1, -0.05) is 144 Å². The van der Waals surface area contributed by atoms with E-state index in [0.29, 0.717) is 259 Å². The van der Waals surface area contributed by atoms with Crippen LogP contribution < -0.4 is 88.7 Å². The van der Waals surface area contributed by atoms with Gasteiger partial charge in [0, 0.05) is 13.2 Å². The fourth-order valence-electron chi connectivity index (χ4n) is 9.46. The molecule has 44 nitrogen and oxygen atoms in total. The molecule has 2 aromatic carbocycles. The monoisotopic (exact) mass is 2190 g/mol. The second-order valence-corrected chi connectivity index (χ2v) is 39.8. The Hall–Kier alpha value is -1.04. The standard InChI is InChI=1S/2C25H50O14S.2C11H16O3S.2C8H18O5S.3Na/c2*1-3-24(2)25(26)39-21-20-37-17-16-35-13-12-33-9-8-31-5-4-30-6-7-32-10-11-34-14-15-36-18-19-38-22-23-40(27,28)29;2*1-3-9(2)11-6-4-10(5-7-11)8-15(12,13)14;2*1-3-7(2)4-13-5-8(9)6-14(10,11)12;;;/h2*24H,3-23H2,1-2H3,(H,27,28,29);2*4-7,9H,3,8H2,1-2H3,(H,12,13,14);2*7-9H,3-6H2,1-2H3,(H,10,11,12);;;/q;;;;;;3*+1/p-3. The van der Waals surface area contributed by atoms with Crippen molar-refractivity contribution >= 4 is 72.6 Å². The molecule has 0 aliphatic rings. The molecule has 0 saturated carbocycles. The molecule has 820 valence electrons. The van der Waals surface area contributed by atoms with Crippen LogP contribution in [0.1, 0.15) is 156 Å². The van der Waals surface area contributed by atoms with Crippen LogP contribution in [0.5, 0.6) is 0 Å². The van der Waals surface area contributed by atoms with Gasteiger partial charge in [-0.2, -0.15) is 25.3 Å². The zero-order valence-electron chi connectivity index (χ0n) is 86.0. The summed E-state index contributed by atoms with van der Waals surface area (Å²) in [5.74, 6) is -2.02. The average molecular weight is 2190 g/mol. The number of hydrogen-bond acceptors (Lipinski definition) is 41. The van der Waals surface area contributed by atoms with Crippen molar-refractivity contribution < 1.29 is 291 Å². The van der Waals surface area contributed by atoms with Crippen LogP contribution in [0.4, 0.5) is 0 Å². The number of aliphatic hydroxyl groups is 2. The molecule has 2 rings (SSSR count). The third kappa shape index (κ3) is 121. The summed E-state index contributed by atoms with van der Waals surface area (Å²) in [4.78, 5) is 23.0. The molecule has 8 atom stereocenters. The molecular weight excluding hydrogens is 2020 g/mol. The summed E-state index contributed by atoms with van der Waals surface area (Å²) in [5.41, 5.74) is 3.53. The Bertz CT molecular complexity index is 3600. The predicted octanol–water partition coefficient (Wildman–Crippen LogP) is -3.02. The first kappa shape index (κ1) is 153. The second kappa shape index (κ2) is 102. The number of carbonyl (C=O) groups excluding carboxylic acids is 2. The third-order valence-corrected chi connectivity index (χ3v) is 22.9. The summed E-state index contributed by atoms with van der Waals surface area (Å²) < 4.78 is 298. The average Bonchev–Trinajstić information content (AvgIpc) is 0.874. The first-order valence-electron chi connectivity index (χ1n) is 46.3. The SMILES string of the molecule is CCC(C)C(=O)OCCOCCOCCOCCOCCOCCOCCOCCOCCOCCS(=O)(=O)O.CCC(C)C(=O)OCCOCCOCCOCCOCCOCCOCCOCCOCCOCCS(=O)(=O)[O-].CCC(C)COCC(O)CS(=O)(=O)O.CCC(C)COCC(O)CS(=O)(=O)[O-].CCC(C)c1ccc(CS(=O)(=O)O)cc1.CCC(C)c1ccc(CS(=O)(=O)[O-])cc1.[Na+].[Na+].[Na+]. The Morgan fingerprint density at radius 3 is 0.688 bits per heavy atom. The summed E-state index contributed by atoms with van der Waals surface area (Å²) in [6.45, 7) is 39.4. The van der Waals surface area contributed by atoms with E-state index in [-0.39, 0.29) is 171 Å². The summed E-state index contributed by atoms with van der Waals surface area (Å²) in [7, 11) is -24.8. The number of ether oxygens (including phenoxy) is 22. The van der Waals surface area contributed by atoms with Crippen LogP contribution in [-0.4, -0.2) is 413 Å². The number of esters is 2. The van der Waals surface area contributed by atoms with Crippen molar-refractivity contribution in [2.75, 3.05) is 301 Å². The van der Waals surface area contributed by atoms with E-state index in [9.17, 15) is 73.8 Å². The fraction of sp³-hybridized carbons (Fsp3) is 0.841. The van der Waals surface area contributed by atoms with Gasteiger partial charge in [0.25, 0.3) is 30.4 Å². The topological polar surface area (TPSA) is 612 Å². The Labute approximate surface area is 907 Å². The minimum Gasteiger partial charge on any atom is -0.748 e. The molecule has 0 aliphatic carbocycles. The summed E-state index contributed by atoms with van der Waals surface area (Å²) in [5, 5.41) is 18.2. The van der Waals surface area contributed by atoms with Crippen LogP contribution in [0.3, 0.4) is 0 Å². The van der Waals surface area contributed by atoms with Gasteiger partial charge in [0.1, 0.15) is 24.7 Å². The molecule has 0 saturated heterocycles. The van der Waals surface area contributed by atoms with Gasteiger partial charge in [0.15, 0.2) is 0 Å². The van der Waals surface area contributed by atoms with Gasteiger partial charge in [0.05, 0.1) is 328 Å². The van der Waals surface area contributed by atoms with Gasteiger partial charge < -0.3 is 128 Å². The number of carbonyl (C=O) groups is 2. The molecule has 5 N–H and O–H groups in total. The maximum Gasteiger partial charge on any atom is 1.00 e. The minimum absolute atomic E-state index is 0. The van der Waals surface area contributed by atoms with E-state index >= 15 is 0 Å². The summed E-state index contributed by atoms with van der Waals surface area (Å²) in [6, 6.07) is 14.5. The Balaban J connectivity index is -0.000000326. The van der Waals surface area contributed by atoms with Crippen LogP contribution in [0.15, 0.2) is 48.5 Å². The largest absolute Gasteiger partial charge is 1.00 e. The summed E-state index contributed by atoms with van der Waals surface area (Å²) >= 11 is 0. The second-order valence-electron chi connectivity index (χ2n) is 30.9. The fourth-order valence-corrected chi connectivity index (χ4v) is 12.5. The molecule has 53 heteroatoms. The van der Waals surface area contributed by atoms with Crippen molar-refractivity contribution in [2.45, 2.75) is 157 Å². The van der Waals surface area contributed by atoms with E-state index in [1.807, 2.05) is 79.7 Å². The van der Waals surface area contributed by atoms with E-state index in [0.717, 1.165) is 38.5 Å². The third-order valence-electron chi connectivity index (χ3n) is 18.5. The van der Waals surface area contributed by atoms with Crippen molar-refractivity contribution in [1.29, 1.82) is 0 Å². The van der Waals surface area contributed by atoms with Gasteiger partial charge in [-0.15, -0.1) is 0 Å². The zero-order valence-corrected chi connectivity index (χ0v) is 96.9.